The molecule has 0 spiro atoms. The van der Waals surface area contributed by atoms with E-state index in [9.17, 15) is 4.79 Å². The Kier molecular flexibility index (Phi) is 3.88. The summed E-state index contributed by atoms with van der Waals surface area (Å²) in [5, 5.41) is 4.18. The summed E-state index contributed by atoms with van der Waals surface area (Å²) in [5.74, 6) is -0.309. The molecule has 106 valence electrons. The Morgan fingerprint density at radius 2 is 1.76 bits per heavy atom. The Labute approximate surface area is 131 Å². The Balaban J connectivity index is 1.96. The molecule has 21 heavy (non-hydrogen) atoms. The molecule has 3 nitrogen and oxygen atoms in total. The number of nitrogens with zero attached hydrogens (tertiary/aromatic N) is 1. The average molecular weight is 344 g/mol. The van der Waals surface area contributed by atoms with Crippen LogP contribution in [0.15, 0.2) is 64.2 Å². The molecular formula is C17H14BrNO2. The van der Waals surface area contributed by atoms with Crippen LogP contribution in [0.5, 0.6) is 0 Å². The molecule has 0 aromatic heterocycles. The second-order valence-corrected chi connectivity index (χ2v) is 5.92. The van der Waals surface area contributed by atoms with Gasteiger partial charge >= 0.3 is 0 Å². The molecule has 2 aromatic rings. The van der Waals surface area contributed by atoms with Crippen LogP contribution in [0.1, 0.15) is 24.2 Å². The zero-order valence-electron chi connectivity index (χ0n) is 11.5. The van der Waals surface area contributed by atoms with Crippen LogP contribution in [-0.2, 0) is 9.63 Å². The van der Waals surface area contributed by atoms with Crippen molar-refractivity contribution in [2.45, 2.75) is 13.0 Å². The van der Waals surface area contributed by atoms with E-state index in [1.54, 1.807) is 6.92 Å². The van der Waals surface area contributed by atoms with Gasteiger partial charge in [-0.3, -0.25) is 4.79 Å². The van der Waals surface area contributed by atoms with Crippen LogP contribution < -0.4 is 0 Å². The lowest BCUT2D eigenvalue weighted by atomic mass is 9.86. The van der Waals surface area contributed by atoms with E-state index in [1.165, 1.54) is 0 Å². The summed E-state index contributed by atoms with van der Waals surface area (Å²) in [4.78, 5) is 17.7. The molecule has 3 rings (SSSR count). The number of benzene rings is 2. The fraction of sp³-hybridized carbons (Fsp3) is 0.176. The molecular weight excluding hydrogens is 330 g/mol. The van der Waals surface area contributed by atoms with Crippen molar-refractivity contribution < 1.29 is 9.63 Å². The van der Waals surface area contributed by atoms with Crippen molar-refractivity contribution in [3.63, 3.8) is 0 Å². The summed E-state index contributed by atoms with van der Waals surface area (Å²) in [6.07, 6.45) is -0.345. The van der Waals surface area contributed by atoms with Crippen LogP contribution in [0.25, 0.3) is 0 Å². The van der Waals surface area contributed by atoms with E-state index in [0.29, 0.717) is 5.71 Å². The van der Waals surface area contributed by atoms with Crippen LogP contribution in [0.2, 0.25) is 0 Å². The molecule has 0 radical (unpaired) electrons. The van der Waals surface area contributed by atoms with Gasteiger partial charge in [-0.1, -0.05) is 63.6 Å². The molecule has 1 aliphatic rings. The van der Waals surface area contributed by atoms with E-state index in [0.717, 1.165) is 15.6 Å². The van der Waals surface area contributed by atoms with Gasteiger partial charge in [0.2, 0.25) is 0 Å². The molecule has 4 heteroatoms. The standard InChI is InChI=1S/C17H14BrNO2/c1-11(20)15-16(12-7-9-14(18)10-8-12)19-21-17(15)13-5-3-2-4-6-13/h2-10,15,17H,1H3. The Bertz CT molecular complexity index is 680. The van der Waals surface area contributed by atoms with Crippen LogP contribution >= 0.6 is 15.9 Å². The van der Waals surface area contributed by atoms with E-state index >= 15 is 0 Å². The largest absolute Gasteiger partial charge is 0.386 e. The molecule has 2 unspecified atom stereocenters. The summed E-state index contributed by atoms with van der Waals surface area (Å²) in [6.45, 7) is 1.59. The first-order chi connectivity index (χ1) is 10.2. The number of Topliss-reactive ketones (excluding diaryl/α,β-unsaturated/α-hetero) is 1. The van der Waals surface area contributed by atoms with Gasteiger partial charge in [0.05, 0.1) is 0 Å². The average Bonchev–Trinajstić information content (AvgIpc) is 2.94. The van der Waals surface area contributed by atoms with Crippen LogP contribution in [0.3, 0.4) is 0 Å². The molecule has 1 aliphatic heterocycles. The number of carbonyl (C=O) groups excluding carboxylic acids is 1. The smallest absolute Gasteiger partial charge is 0.168 e. The third-order valence-electron chi connectivity index (χ3n) is 3.57. The minimum Gasteiger partial charge on any atom is -0.386 e. The van der Waals surface area contributed by atoms with Gasteiger partial charge in [-0.25, -0.2) is 0 Å². The zero-order valence-corrected chi connectivity index (χ0v) is 13.1. The summed E-state index contributed by atoms with van der Waals surface area (Å²) in [5.41, 5.74) is 2.58. The predicted octanol–water partition coefficient (Wildman–Crippen LogP) is 4.13. The number of halogens is 1. The molecule has 2 aromatic carbocycles. The molecule has 0 aliphatic carbocycles. The van der Waals surface area contributed by atoms with Crippen molar-refractivity contribution in [3.05, 3.63) is 70.2 Å². The summed E-state index contributed by atoms with van der Waals surface area (Å²) in [6, 6.07) is 17.5. The van der Waals surface area contributed by atoms with Crippen molar-refractivity contribution in [1.82, 2.24) is 0 Å². The molecule has 0 N–H and O–H groups in total. The van der Waals surface area contributed by atoms with Crippen molar-refractivity contribution in [2.75, 3.05) is 0 Å². The lowest BCUT2D eigenvalue weighted by Gasteiger charge is -2.16. The molecule has 0 saturated heterocycles. The van der Waals surface area contributed by atoms with Gasteiger partial charge in [0, 0.05) is 10.0 Å². The number of oxime groups is 1. The zero-order chi connectivity index (χ0) is 14.8. The SMILES string of the molecule is CC(=O)C1C(c2ccc(Br)cc2)=NOC1c1ccccc1. The molecule has 0 saturated carbocycles. The first-order valence-electron chi connectivity index (χ1n) is 6.72. The number of ketones is 1. The normalized spacial score (nSPS) is 20.8. The Hall–Kier alpha value is -1.94. The van der Waals surface area contributed by atoms with Crippen molar-refractivity contribution in [3.8, 4) is 0 Å². The van der Waals surface area contributed by atoms with Gasteiger partial charge in [0.25, 0.3) is 0 Å². The van der Waals surface area contributed by atoms with E-state index in [2.05, 4.69) is 21.1 Å². The van der Waals surface area contributed by atoms with E-state index in [4.69, 9.17) is 4.84 Å². The highest BCUT2D eigenvalue weighted by molar-refractivity contribution is 9.10. The molecule has 0 bridgehead atoms. The Morgan fingerprint density at radius 1 is 1.10 bits per heavy atom. The second-order valence-electron chi connectivity index (χ2n) is 5.01. The molecule has 2 atom stereocenters. The summed E-state index contributed by atoms with van der Waals surface area (Å²) < 4.78 is 0.991. The fourth-order valence-electron chi connectivity index (χ4n) is 2.53. The van der Waals surface area contributed by atoms with Gasteiger partial charge in [-0.15, -0.1) is 0 Å². The van der Waals surface area contributed by atoms with Gasteiger partial charge in [-0.05, 0) is 24.6 Å². The maximum atomic E-state index is 12.1. The van der Waals surface area contributed by atoms with Gasteiger partial charge in [-0.2, -0.15) is 0 Å². The lowest BCUT2D eigenvalue weighted by molar-refractivity contribution is -0.121. The Morgan fingerprint density at radius 3 is 2.38 bits per heavy atom. The highest BCUT2D eigenvalue weighted by Gasteiger charge is 2.39. The number of rotatable bonds is 3. The maximum absolute atomic E-state index is 12.1. The van der Waals surface area contributed by atoms with Crippen molar-refractivity contribution in [2.24, 2.45) is 11.1 Å². The monoisotopic (exact) mass is 343 g/mol. The molecule has 1 heterocycles. The fourth-order valence-corrected chi connectivity index (χ4v) is 2.79. The van der Waals surface area contributed by atoms with Gasteiger partial charge in [0.1, 0.15) is 17.4 Å². The maximum Gasteiger partial charge on any atom is 0.168 e. The highest BCUT2D eigenvalue weighted by Crippen LogP contribution is 2.35. The van der Waals surface area contributed by atoms with Crippen molar-refractivity contribution in [1.29, 1.82) is 0 Å². The number of carbonyl (C=O) groups is 1. The first-order valence-corrected chi connectivity index (χ1v) is 7.51. The molecule has 0 fully saturated rings. The second kappa shape index (κ2) is 5.82. The highest BCUT2D eigenvalue weighted by atomic mass is 79.9. The van der Waals surface area contributed by atoms with E-state index in [-0.39, 0.29) is 17.8 Å². The lowest BCUT2D eigenvalue weighted by Crippen LogP contribution is -2.25. The van der Waals surface area contributed by atoms with Crippen LogP contribution in [0, 0.1) is 5.92 Å². The first kappa shape index (κ1) is 14.0. The summed E-state index contributed by atoms with van der Waals surface area (Å²) >= 11 is 3.41. The third-order valence-corrected chi connectivity index (χ3v) is 4.10. The van der Waals surface area contributed by atoms with Crippen molar-refractivity contribution >= 4 is 27.4 Å². The topological polar surface area (TPSA) is 38.7 Å². The quantitative estimate of drug-likeness (QED) is 0.840. The van der Waals surface area contributed by atoms with Gasteiger partial charge < -0.3 is 4.84 Å². The van der Waals surface area contributed by atoms with E-state index < -0.39 is 0 Å². The van der Waals surface area contributed by atoms with Gasteiger partial charge in [0.15, 0.2) is 6.10 Å². The van der Waals surface area contributed by atoms with Crippen LogP contribution in [-0.4, -0.2) is 11.5 Å². The van der Waals surface area contributed by atoms with E-state index in [1.807, 2.05) is 54.6 Å². The van der Waals surface area contributed by atoms with Crippen LogP contribution in [0.4, 0.5) is 0 Å². The third kappa shape index (κ3) is 2.76. The molecule has 0 amide bonds. The minimum atomic E-state index is -0.367. The predicted molar refractivity (Wildman–Crippen MR) is 85.1 cm³/mol. The minimum absolute atomic E-state index is 0.0584. The number of hydrogen-bond donors (Lipinski definition) is 0. The summed E-state index contributed by atoms with van der Waals surface area (Å²) in [7, 11) is 0. The number of hydrogen-bond acceptors (Lipinski definition) is 3.